The Kier molecular flexibility index (Phi) is 4.02. The van der Waals surface area contributed by atoms with Crippen molar-refractivity contribution in [1.82, 2.24) is 9.55 Å². The number of anilines is 1. The van der Waals surface area contributed by atoms with E-state index in [-0.39, 0.29) is 5.52 Å². The molecule has 3 rings (SSSR count). The molecule has 0 atom stereocenters. The first kappa shape index (κ1) is 14.5. The van der Waals surface area contributed by atoms with Crippen LogP contribution in [-0.4, -0.2) is 29.8 Å². The number of imidazole rings is 1. The summed E-state index contributed by atoms with van der Waals surface area (Å²) in [6, 6.07) is 11.7. The highest BCUT2D eigenvalue weighted by Crippen LogP contribution is 2.28. The summed E-state index contributed by atoms with van der Waals surface area (Å²) < 4.78 is 34.4. The number of nitrogens with one attached hydrogen (secondary N) is 1. The number of halogens is 2. The van der Waals surface area contributed by atoms with Crippen LogP contribution in [0.4, 0.5) is 14.7 Å². The predicted octanol–water partition coefficient (Wildman–Crippen LogP) is 3.36. The minimum absolute atomic E-state index is 0.117. The Labute approximate surface area is 126 Å². The van der Waals surface area contributed by atoms with Crippen LogP contribution in [0.25, 0.3) is 16.7 Å². The molecule has 114 valence electrons. The molecule has 0 fully saturated rings. The van der Waals surface area contributed by atoms with Gasteiger partial charge in [-0.15, -0.1) is 0 Å². The van der Waals surface area contributed by atoms with E-state index in [1.165, 1.54) is 6.07 Å². The minimum atomic E-state index is -0.909. The molecule has 0 spiro atoms. The minimum Gasteiger partial charge on any atom is -0.383 e. The molecule has 22 heavy (non-hydrogen) atoms. The van der Waals surface area contributed by atoms with Gasteiger partial charge in [-0.2, -0.15) is 0 Å². The first-order chi connectivity index (χ1) is 10.7. The standard InChI is InChI=1S/C16H15F2N3O/c1-22-10-9-19-16-20-13-8-7-12(17)14(18)15(13)21(16)11-5-3-2-4-6-11/h2-8H,9-10H2,1H3,(H,19,20). The van der Waals surface area contributed by atoms with E-state index in [2.05, 4.69) is 10.3 Å². The normalized spacial score (nSPS) is 11.0. The lowest BCUT2D eigenvalue weighted by molar-refractivity contribution is 0.210. The Morgan fingerprint density at radius 3 is 2.64 bits per heavy atom. The van der Waals surface area contributed by atoms with Crippen LogP contribution in [0.15, 0.2) is 42.5 Å². The molecular formula is C16H15F2N3O. The molecule has 1 heterocycles. The number of rotatable bonds is 5. The lowest BCUT2D eigenvalue weighted by Gasteiger charge is -2.11. The fraction of sp³-hybridized carbons (Fsp3) is 0.188. The van der Waals surface area contributed by atoms with Crippen molar-refractivity contribution in [2.24, 2.45) is 0 Å². The quantitative estimate of drug-likeness (QED) is 0.735. The summed E-state index contributed by atoms with van der Waals surface area (Å²) in [7, 11) is 1.59. The van der Waals surface area contributed by atoms with E-state index in [0.29, 0.717) is 30.3 Å². The summed E-state index contributed by atoms with van der Waals surface area (Å²) in [6.45, 7) is 0.992. The smallest absolute Gasteiger partial charge is 0.208 e. The van der Waals surface area contributed by atoms with Gasteiger partial charge < -0.3 is 10.1 Å². The highest BCUT2D eigenvalue weighted by molar-refractivity contribution is 5.82. The molecule has 0 aliphatic carbocycles. The summed E-state index contributed by atoms with van der Waals surface area (Å²) in [5.74, 6) is -1.36. The number of ether oxygens (including phenoxy) is 1. The van der Waals surface area contributed by atoms with Crippen molar-refractivity contribution in [1.29, 1.82) is 0 Å². The average molecular weight is 303 g/mol. The molecule has 0 unspecified atom stereocenters. The van der Waals surface area contributed by atoms with Crippen molar-refractivity contribution in [2.45, 2.75) is 0 Å². The van der Waals surface area contributed by atoms with Gasteiger partial charge in [-0.1, -0.05) is 18.2 Å². The highest BCUT2D eigenvalue weighted by atomic mass is 19.2. The van der Waals surface area contributed by atoms with Crippen LogP contribution in [0.3, 0.4) is 0 Å². The van der Waals surface area contributed by atoms with Gasteiger partial charge in [0.2, 0.25) is 5.95 Å². The van der Waals surface area contributed by atoms with Gasteiger partial charge in [0.1, 0.15) is 5.52 Å². The van der Waals surface area contributed by atoms with Gasteiger partial charge in [-0.3, -0.25) is 4.57 Å². The molecule has 2 aromatic carbocycles. The van der Waals surface area contributed by atoms with E-state index in [9.17, 15) is 8.78 Å². The number of methoxy groups -OCH3 is 1. The third-order valence-corrected chi connectivity index (χ3v) is 3.31. The number of nitrogens with zero attached hydrogens (tertiary/aromatic N) is 2. The molecule has 1 N–H and O–H groups in total. The second-order valence-electron chi connectivity index (χ2n) is 4.76. The second-order valence-corrected chi connectivity index (χ2v) is 4.76. The largest absolute Gasteiger partial charge is 0.383 e. The van der Waals surface area contributed by atoms with Crippen LogP contribution >= 0.6 is 0 Å². The van der Waals surface area contributed by atoms with Crippen LogP contribution in [0.1, 0.15) is 0 Å². The maximum Gasteiger partial charge on any atom is 0.208 e. The predicted molar refractivity (Wildman–Crippen MR) is 81.4 cm³/mol. The topological polar surface area (TPSA) is 39.1 Å². The second kappa shape index (κ2) is 6.11. The van der Waals surface area contributed by atoms with Crippen LogP contribution in [-0.2, 0) is 4.74 Å². The zero-order valence-electron chi connectivity index (χ0n) is 12.0. The van der Waals surface area contributed by atoms with Gasteiger partial charge in [0.25, 0.3) is 0 Å². The van der Waals surface area contributed by atoms with Gasteiger partial charge in [0, 0.05) is 19.3 Å². The van der Waals surface area contributed by atoms with Gasteiger partial charge in [0.15, 0.2) is 11.6 Å². The first-order valence-corrected chi connectivity index (χ1v) is 6.87. The van der Waals surface area contributed by atoms with Gasteiger partial charge in [0.05, 0.1) is 12.1 Å². The van der Waals surface area contributed by atoms with Crippen LogP contribution in [0, 0.1) is 11.6 Å². The monoisotopic (exact) mass is 303 g/mol. The SMILES string of the molecule is COCCNc1nc2ccc(F)c(F)c2n1-c1ccccc1. The van der Waals surface area contributed by atoms with Crippen LogP contribution < -0.4 is 5.32 Å². The van der Waals surface area contributed by atoms with E-state index in [1.807, 2.05) is 30.3 Å². The van der Waals surface area contributed by atoms with E-state index in [4.69, 9.17) is 4.74 Å². The van der Waals surface area contributed by atoms with Crippen molar-refractivity contribution >= 4 is 17.0 Å². The molecule has 0 saturated carbocycles. The van der Waals surface area contributed by atoms with Crippen LogP contribution in [0.5, 0.6) is 0 Å². The lowest BCUT2D eigenvalue weighted by Crippen LogP contribution is -2.12. The van der Waals surface area contributed by atoms with Crippen LogP contribution in [0.2, 0.25) is 0 Å². The first-order valence-electron chi connectivity index (χ1n) is 6.87. The number of fused-ring (bicyclic) bond motifs is 1. The van der Waals surface area contributed by atoms with E-state index >= 15 is 0 Å². The number of hydrogen-bond acceptors (Lipinski definition) is 3. The van der Waals surface area contributed by atoms with Crippen molar-refractivity contribution in [3.05, 3.63) is 54.1 Å². The number of aromatic nitrogens is 2. The van der Waals surface area contributed by atoms with Gasteiger partial charge in [-0.25, -0.2) is 13.8 Å². The van der Waals surface area contributed by atoms with Crippen molar-refractivity contribution in [3.8, 4) is 5.69 Å². The summed E-state index contributed by atoms with van der Waals surface area (Å²) in [4.78, 5) is 4.35. The molecule has 0 radical (unpaired) electrons. The van der Waals surface area contributed by atoms with Gasteiger partial charge >= 0.3 is 0 Å². The van der Waals surface area contributed by atoms with Crippen molar-refractivity contribution in [2.75, 3.05) is 25.6 Å². The molecule has 0 aliphatic heterocycles. The van der Waals surface area contributed by atoms with Gasteiger partial charge in [-0.05, 0) is 24.3 Å². The third kappa shape index (κ3) is 2.53. The number of hydrogen-bond donors (Lipinski definition) is 1. The maximum absolute atomic E-state index is 14.3. The number of para-hydroxylation sites is 1. The molecule has 1 aromatic heterocycles. The highest BCUT2D eigenvalue weighted by Gasteiger charge is 2.18. The lowest BCUT2D eigenvalue weighted by atomic mass is 10.2. The fourth-order valence-electron chi connectivity index (χ4n) is 2.31. The molecule has 0 saturated heterocycles. The molecule has 4 nitrogen and oxygen atoms in total. The Bertz CT molecular complexity index is 787. The molecule has 0 amide bonds. The number of benzene rings is 2. The Hall–Kier alpha value is -2.47. The zero-order valence-corrected chi connectivity index (χ0v) is 12.0. The Morgan fingerprint density at radius 2 is 1.91 bits per heavy atom. The van der Waals surface area contributed by atoms with E-state index in [0.717, 1.165) is 6.07 Å². The molecule has 0 aliphatic rings. The zero-order chi connectivity index (χ0) is 15.5. The summed E-state index contributed by atoms with van der Waals surface area (Å²) >= 11 is 0. The summed E-state index contributed by atoms with van der Waals surface area (Å²) in [6.07, 6.45) is 0. The van der Waals surface area contributed by atoms with E-state index < -0.39 is 11.6 Å². The molecule has 3 aromatic rings. The summed E-state index contributed by atoms with van der Waals surface area (Å²) in [5, 5.41) is 3.09. The van der Waals surface area contributed by atoms with E-state index in [1.54, 1.807) is 11.7 Å². The average Bonchev–Trinajstić information content (AvgIpc) is 2.91. The molecule has 0 bridgehead atoms. The third-order valence-electron chi connectivity index (χ3n) is 3.31. The maximum atomic E-state index is 14.3. The van der Waals surface area contributed by atoms with Crippen molar-refractivity contribution in [3.63, 3.8) is 0 Å². The Morgan fingerprint density at radius 1 is 1.14 bits per heavy atom. The summed E-state index contributed by atoms with van der Waals surface area (Å²) in [5.41, 5.74) is 1.21. The fourth-order valence-corrected chi connectivity index (χ4v) is 2.31. The van der Waals surface area contributed by atoms with Crippen molar-refractivity contribution < 1.29 is 13.5 Å². The molecule has 6 heteroatoms. The Balaban J connectivity index is 2.19. The molecular weight excluding hydrogens is 288 g/mol.